The first-order chi connectivity index (χ1) is 5.61. The lowest BCUT2D eigenvalue weighted by Crippen LogP contribution is -2.35. The number of carbonyl (C=O) groups is 1. The molecule has 0 aromatic rings. The molecule has 0 aromatic carbocycles. The van der Waals surface area contributed by atoms with Crippen molar-refractivity contribution < 1.29 is 9.90 Å². The smallest absolute Gasteiger partial charge is 0.320 e. The maximum atomic E-state index is 10.3. The third-order valence-electron chi connectivity index (χ3n) is 1.97. The highest BCUT2D eigenvalue weighted by molar-refractivity contribution is 5.72. The molecule has 0 rings (SSSR count). The number of hydrogen-bond acceptors (Lipinski definition) is 3. The average Bonchev–Trinajstić information content (AvgIpc) is 2.05. The molecule has 0 aliphatic rings. The summed E-state index contributed by atoms with van der Waals surface area (Å²) < 4.78 is 0. The molecule has 1 unspecified atom stereocenters. The molecule has 0 fully saturated rings. The second kappa shape index (κ2) is 5.97. The zero-order valence-electron chi connectivity index (χ0n) is 7.79. The van der Waals surface area contributed by atoms with E-state index in [0.29, 0.717) is 6.42 Å². The van der Waals surface area contributed by atoms with E-state index in [1.807, 2.05) is 0 Å². The van der Waals surface area contributed by atoms with Crippen molar-refractivity contribution in [1.82, 2.24) is 4.90 Å². The first-order valence-electron chi connectivity index (χ1n) is 4.32. The summed E-state index contributed by atoms with van der Waals surface area (Å²) in [5.41, 5.74) is 5.35. The average molecular weight is 174 g/mol. The Morgan fingerprint density at radius 1 is 1.50 bits per heavy atom. The quantitative estimate of drug-likeness (QED) is 0.600. The molecule has 0 aliphatic heterocycles. The molecule has 0 radical (unpaired) electrons. The third kappa shape index (κ3) is 4.31. The molecule has 0 aliphatic carbocycles. The maximum absolute atomic E-state index is 10.3. The van der Waals surface area contributed by atoms with Crippen LogP contribution in [-0.4, -0.2) is 41.7 Å². The second-order valence-electron chi connectivity index (χ2n) is 2.76. The monoisotopic (exact) mass is 174 g/mol. The summed E-state index contributed by atoms with van der Waals surface area (Å²) in [5.74, 6) is -0.915. The number of hydrogen-bond donors (Lipinski definition) is 2. The summed E-state index contributed by atoms with van der Waals surface area (Å²) in [4.78, 5) is 12.5. The minimum atomic E-state index is -0.915. The molecule has 0 saturated carbocycles. The molecule has 0 spiro atoms. The minimum absolute atomic E-state index is 0.525. The van der Waals surface area contributed by atoms with E-state index in [0.717, 1.165) is 19.6 Å². The van der Waals surface area contributed by atoms with Gasteiger partial charge in [-0.15, -0.1) is 0 Å². The van der Waals surface area contributed by atoms with Crippen molar-refractivity contribution in [2.45, 2.75) is 26.3 Å². The van der Waals surface area contributed by atoms with Crippen LogP contribution in [0.3, 0.4) is 0 Å². The van der Waals surface area contributed by atoms with Crippen molar-refractivity contribution >= 4 is 5.97 Å². The van der Waals surface area contributed by atoms with Crippen LogP contribution in [0.1, 0.15) is 20.3 Å². The molecule has 0 bridgehead atoms. The molecule has 3 N–H and O–H groups in total. The molecular formula is C8H18N2O2. The van der Waals surface area contributed by atoms with Gasteiger partial charge in [0.1, 0.15) is 6.04 Å². The first kappa shape index (κ1) is 11.4. The Morgan fingerprint density at radius 2 is 2.00 bits per heavy atom. The summed E-state index contributed by atoms with van der Waals surface area (Å²) in [6.07, 6.45) is 0.525. The van der Waals surface area contributed by atoms with Crippen LogP contribution in [0.25, 0.3) is 0 Å². The van der Waals surface area contributed by atoms with Gasteiger partial charge < -0.3 is 15.7 Å². The summed E-state index contributed by atoms with van der Waals surface area (Å²) in [5, 5.41) is 8.50. The van der Waals surface area contributed by atoms with Crippen molar-refractivity contribution in [2.24, 2.45) is 5.73 Å². The van der Waals surface area contributed by atoms with E-state index in [1.54, 1.807) is 0 Å². The van der Waals surface area contributed by atoms with E-state index in [2.05, 4.69) is 18.7 Å². The van der Waals surface area contributed by atoms with Gasteiger partial charge in [-0.25, -0.2) is 0 Å². The Bertz CT molecular complexity index is 135. The summed E-state index contributed by atoms with van der Waals surface area (Å²) in [6, 6.07) is -0.717. The molecule has 1 atom stereocenters. The summed E-state index contributed by atoms with van der Waals surface area (Å²) in [6.45, 7) is 6.76. The zero-order valence-corrected chi connectivity index (χ0v) is 7.79. The molecule has 0 saturated heterocycles. The van der Waals surface area contributed by atoms with Crippen LogP contribution in [0.4, 0.5) is 0 Å². The van der Waals surface area contributed by atoms with E-state index in [4.69, 9.17) is 10.8 Å². The Kier molecular flexibility index (Phi) is 5.66. The van der Waals surface area contributed by atoms with Gasteiger partial charge in [0, 0.05) is 6.54 Å². The molecule has 0 amide bonds. The van der Waals surface area contributed by atoms with Gasteiger partial charge in [-0.3, -0.25) is 4.79 Å². The van der Waals surface area contributed by atoms with Gasteiger partial charge in [-0.05, 0) is 19.5 Å². The standard InChI is InChI=1S/C8H18N2O2/c1-3-10(4-2)6-5-7(9)8(11)12/h7H,3-6,9H2,1-2H3,(H,11,12). The van der Waals surface area contributed by atoms with Crippen molar-refractivity contribution in [3.8, 4) is 0 Å². The summed E-state index contributed by atoms with van der Waals surface area (Å²) in [7, 11) is 0. The van der Waals surface area contributed by atoms with E-state index >= 15 is 0 Å². The van der Waals surface area contributed by atoms with Crippen LogP contribution in [-0.2, 0) is 4.79 Å². The first-order valence-corrected chi connectivity index (χ1v) is 4.32. The zero-order chi connectivity index (χ0) is 9.56. The van der Waals surface area contributed by atoms with E-state index in [9.17, 15) is 4.79 Å². The number of carboxylic acids is 1. The van der Waals surface area contributed by atoms with Crippen molar-refractivity contribution in [1.29, 1.82) is 0 Å². The number of aliphatic carboxylic acids is 1. The molecule has 4 heteroatoms. The highest BCUT2D eigenvalue weighted by Gasteiger charge is 2.11. The number of rotatable bonds is 6. The Balaban J connectivity index is 3.58. The van der Waals surface area contributed by atoms with Crippen LogP contribution in [0.15, 0.2) is 0 Å². The van der Waals surface area contributed by atoms with Crippen LogP contribution >= 0.6 is 0 Å². The fourth-order valence-electron chi connectivity index (χ4n) is 0.985. The SMILES string of the molecule is CCN(CC)CCC(N)C(=O)O. The van der Waals surface area contributed by atoms with E-state index in [-0.39, 0.29) is 0 Å². The van der Waals surface area contributed by atoms with Gasteiger partial charge in [-0.2, -0.15) is 0 Å². The summed E-state index contributed by atoms with van der Waals surface area (Å²) >= 11 is 0. The predicted molar refractivity (Wildman–Crippen MR) is 48.0 cm³/mol. The fourth-order valence-corrected chi connectivity index (χ4v) is 0.985. The van der Waals surface area contributed by atoms with Gasteiger partial charge >= 0.3 is 5.97 Å². The lowest BCUT2D eigenvalue weighted by Gasteiger charge is -2.18. The molecule has 72 valence electrons. The molecule has 0 aromatic heterocycles. The topological polar surface area (TPSA) is 66.6 Å². The van der Waals surface area contributed by atoms with Gasteiger partial charge in [-0.1, -0.05) is 13.8 Å². The van der Waals surface area contributed by atoms with Gasteiger partial charge in [0.2, 0.25) is 0 Å². The minimum Gasteiger partial charge on any atom is -0.480 e. The highest BCUT2D eigenvalue weighted by atomic mass is 16.4. The van der Waals surface area contributed by atoms with Crippen molar-refractivity contribution in [3.63, 3.8) is 0 Å². The van der Waals surface area contributed by atoms with Crippen LogP contribution < -0.4 is 5.73 Å². The maximum Gasteiger partial charge on any atom is 0.320 e. The molecule has 0 heterocycles. The van der Waals surface area contributed by atoms with Gasteiger partial charge in [0.05, 0.1) is 0 Å². The Labute approximate surface area is 73.3 Å². The van der Waals surface area contributed by atoms with Crippen molar-refractivity contribution in [2.75, 3.05) is 19.6 Å². The predicted octanol–water partition coefficient (Wildman–Crippen LogP) is 0.130. The molecule has 12 heavy (non-hydrogen) atoms. The number of nitrogens with zero attached hydrogens (tertiary/aromatic N) is 1. The Hall–Kier alpha value is -0.610. The third-order valence-corrected chi connectivity index (χ3v) is 1.97. The van der Waals surface area contributed by atoms with Gasteiger partial charge in [0.25, 0.3) is 0 Å². The second-order valence-corrected chi connectivity index (χ2v) is 2.76. The van der Waals surface area contributed by atoms with Crippen LogP contribution in [0, 0.1) is 0 Å². The lowest BCUT2D eigenvalue weighted by molar-refractivity contribution is -0.138. The fraction of sp³-hybridized carbons (Fsp3) is 0.875. The van der Waals surface area contributed by atoms with Crippen molar-refractivity contribution in [3.05, 3.63) is 0 Å². The Morgan fingerprint density at radius 3 is 2.33 bits per heavy atom. The molecule has 4 nitrogen and oxygen atoms in total. The largest absolute Gasteiger partial charge is 0.480 e. The molecular weight excluding hydrogens is 156 g/mol. The van der Waals surface area contributed by atoms with Crippen LogP contribution in [0.5, 0.6) is 0 Å². The highest BCUT2D eigenvalue weighted by Crippen LogP contribution is 1.94. The van der Waals surface area contributed by atoms with E-state index in [1.165, 1.54) is 0 Å². The number of nitrogens with two attached hydrogens (primary N) is 1. The van der Waals surface area contributed by atoms with Crippen LogP contribution in [0.2, 0.25) is 0 Å². The van der Waals surface area contributed by atoms with Gasteiger partial charge in [0.15, 0.2) is 0 Å². The normalized spacial score (nSPS) is 13.3. The lowest BCUT2D eigenvalue weighted by atomic mass is 10.2. The number of carboxylic acid groups (broad SMARTS) is 1. The van der Waals surface area contributed by atoms with E-state index < -0.39 is 12.0 Å².